The molecule has 8 heteroatoms. The first-order valence-corrected chi connectivity index (χ1v) is 8.69. The van der Waals surface area contributed by atoms with Crippen LogP contribution in [0.2, 0.25) is 0 Å². The molecule has 3 N–H and O–H groups in total. The third-order valence-electron chi connectivity index (χ3n) is 4.25. The molecule has 0 fully saturated rings. The van der Waals surface area contributed by atoms with Crippen molar-refractivity contribution in [3.63, 3.8) is 0 Å². The molecule has 2 unspecified atom stereocenters. The van der Waals surface area contributed by atoms with Crippen molar-refractivity contribution >= 4 is 5.96 Å². The Balaban J connectivity index is 1.65. The molecule has 3 rings (SSSR count). The molecule has 1 aliphatic rings. The number of guanidine groups is 1. The number of hydrogen-bond acceptors (Lipinski definition) is 5. The van der Waals surface area contributed by atoms with Crippen LogP contribution < -0.4 is 10.6 Å². The number of fused-ring (bicyclic) bond motifs is 1. The zero-order valence-corrected chi connectivity index (χ0v) is 15.0. The number of nitrogens with zero attached hydrogens (tertiary/aromatic N) is 4. The maximum atomic E-state index is 10.6. The predicted octanol–water partition coefficient (Wildman–Crippen LogP) is 0.957. The highest BCUT2D eigenvalue weighted by Crippen LogP contribution is 2.21. The lowest BCUT2D eigenvalue weighted by Gasteiger charge is -2.26. The van der Waals surface area contributed by atoms with Crippen LogP contribution in [0, 0.1) is 6.92 Å². The third-order valence-corrected chi connectivity index (χ3v) is 4.25. The molecule has 0 spiro atoms. The van der Waals surface area contributed by atoms with E-state index in [1.807, 2.05) is 18.5 Å². The van der Waals surface area contributed by atoms with Gasteiger partial charge in [0.15, 0.2) is 5.96 Å². The zero-order valence-electron chi connectivity index (χ0n) is 15.0. The Morgan fingerprint density at radius 2 is 2.40 bits per heavy atom. The molecule has 0 aliphatic carbocycles. The summed E-state index contributed by atoms with van der Waals surface area (Å²) in [7, 11) is 0. The van der Waals surface area contributed by atoms with Crippen LogP contribution in [-0.2, 0) is 18.6 Å². The number of aliphatic imine (C=N–C) groups is 1. The van der Waals surface area contributed by atoms with E-state index in [-0.39, 0.29) is 12.6 Å². The fraction of sp³-hybridized carbons (Fsp3) is 0.588. The number of aromatic nitrogens is 3. The van der Waals surface area contributed by atoms with Gasteiger partial charge in [-0.25, -0.2) is 14.7 Å². The molecule has 0 radical (unpaired) electrons. The summed E-state index contributed by atoms with van der Waals surface area (Å²) < 4.78 is 7.26. The molecule has 136 valence electrons. The summed E-state index contributed by atoms with van der Waals surface area (Å²) in [6.07, 6.45) is 3.41. The summed E-state index contributed by atoms with van der Waals surface area (Å²) in [6, 6.07) is 3.74. The fourth-order valence-corrected chi connectivity index (χ4v) is 2.96. The standard InChI is InChI=1S/C17H26N6O2/c1-4-18-16(19-11-17(3,24)14-6-5-9-25-14)21-13-7-8-15-20-12(2)22-23(15)10-13/h5-6,9,13,24H,4,7-8,10-11H2,1-3H3,(H2,18,19,21). The van der Waals surface area contributed by atoms with Crippen molar-refractivity contribution in [1.29, 1.82) is 0 Å². The first-order chi connectivity index (χ1) is 12.0. The molecule has 8 nitrogen and oxygen atoms in total. The van der Waals surface area contributed by atoms with Crippen LogP contribution in [-0.4, -0.2) is 45.0 Å². The second-order valence-electron chi connectivity index (χ2n) is 6.58. The quantitative estimate of drug-likeness (QED) is 0.551. The lowest BCUT2D eigenvalue weighted by molar-refractivity contribution is 0.0436. The molecular formula is C17H26N6O2. The van der Waals surface area contributed by atoms with Crippen LogP contribution in [0.4, 0.5) is 0 Å². The minimum absolute atomic E-state index is 0.205. The van der Waals surface area contributed by atoms with E-state index in [0.717, 1.165) is 37.6 Å². The molecular weight excluding hydrogens is 320 g/mol. The lowest BCUT2D eigenvalue weighted by Crippen LogP contribution is -2.47. The van der Waals surface area contributed by atoms with Gasteiger partial charge >= 0.3 is 0 Å². The average Bonchev–Trinajstić information content (AvgIpc) is 3.21. The Morgan fingerprint density at radius 1 is 1.56 bits per heavy atom. The minimum Gasteiger partial charge on any atom is -0.466 e. The summed E-state index contributed by atoms with van der Waals surface area (Å²) in [6.45, 7) is 7.34. The normalized spacial score (nSPS) is 20.0. The minimum atomic E-state index is -1.14. The van der Waals surface area contributed by atoms with Crippen molar-refractivity contribution in [3.8, 4) is 0 Å². The molecule has 2 atom stereocenters. The van der Waals surface area contributed by atoms with E-state index < -0.39 is 5.60 Å². The highest BCUT2D eigenvalue weighted by Gasteiger charge is 2.27. The fourth-order valence-electron chi connectivity index (χ4n) is 2.96. The second-order valence-corrected chi connectivity index (χ2v) is 6.58. The van der Waals surface area contributed by atoms with Crippen LogP contribution in [0.25, 0.3) is 0 Å². The van der Waals surface area contributed by atoms with E-state index in [1.54, 1.807) is 25.3 Å². The van der Waals surface area contributed by atoms with Gasteiger partial charge in [0.05, 0.1) is 19.4 Å². The molecule has 3 heterocycles. The second kappa shape index (κ2) is 7.26. The van der Waals surface area contributed by atoms with Crippen molar-refractivity contribution < 1.29 is 9.52 Å². The van der Waals surface area contributed by atoms with Gasteiger partial charge in [-0.2, -0.15) is 5.10 Å². The largest absolute Gasteiger partial charge is 0.466 e. The summed E-state index contributed by atoms with van der Waals surface area (Å²) >= 11 is 0. The van der Waals surface area contributed by atoms with Gasteiger partial charge in [0.1, 0.15) is 23.0 Å². The SMILES string of the molecule is CCNC(=NCC(C)(O)c1ccco1)NC1CCc2nc(C)nn2C1. The van der Waals surface area contributed by atoms with Crippen molar-refractivity contribution in [3.05, 3.63) is 35.8 Å². The number of hydrogen-bond donors (Lipinski definition) is 3. The first kappa shape index (κ1) is 17.5. The molecule has 0 saturated carbocycles. The molecule has 2 aromatic rings. The van der Waals surface area contributed by atoms with E-state index in [2.05, 4.69) is 25.7 Å². The van der Waals surface area contributed by atoms with Crippen molar-refractivity contribution in [2.24, 2.45) is 4.99 Å². The van der Waals surface area contributed by atoms with Gasteiger partial charge in [0.2, 0.25) is 0 Å². The van der Waals surface area contributed by atoms with E-state index in [9.17, 15) is 5.11 Å². The highest BCUT2D eigenvalue weighted by atomic mass is 16.4. The van der Waals surface area contributed by atoms with E-state index in [1.165, 1.54) is 0 Å². The summed E-state index contributed by atoms with van der Waals surface area (Å²) in [5.41, 5.74) is -1.14. The van der Waals surface area contributed by atoms with Crippen molar-refractivity contribution in [1.82, 2.24) is 25.4 Å². The van der Waals surface area contributed by atoms with Gasteiger partial charge < -0.3 is 20.2 Å². The Bertz CT molecular complexity index is 720. The highest BCUT2D eigenvalue weighted by molar-refractivity contribution is 5.80. The number of furan rings is 1. The van der Waals surface area contributed by atoms with E-state index >= 15 is 0 Å². The van der Waals surface area contributed by atoms with Gasteiger partial charge in [-0.3, -0.25) is 0 Å². The maximum Gasteiger partial charge on any atom is 0.191 e. The van der Waals surface area contributed by atoms with Crippen molar-refractivity contribution in [2.45, 2.75) is 51.8 Å². The van der Waals surface area contributed by atoms with Gasteiger partial charge in [-0.05, 0) is 39.3 Å². The Hall–Kier alpha value is -2.35. The Labute approximate surface area is 147 Å². The lowest BCUT2D eigenvalue weighted by atomic mass is 10.0. The molecule has 0 aromatic carbocycles. The van der Waals surface area contributed by atoms with E-state index in [0.29, 0.717) is 11.7 Å². The molecule has 2 aromatic heterocycles. The molecule has 0 saturated heterocycles. The van der Waals surface area contributed by atoms with Gasteiger partial charge in [-0.15, -0.1) is 0 Å². The van der Waals surface area contributed by atoms with Crippen LogP contribution in [0.3, 0.4) is 0 Å². The smallest absolute Gasteiger partial charge is 0.191 e. The molecule has 1 aliphatic heterocycles. The van der Waals surface area contributed by atoms with Gasteiger partial charge in [0, 0.05) is 19.0 Å². The topological polar surface area (TPSA) is 100 Å². The van der Waals surface area contributed by atoms with Crippen LogP contribution in [0.15, 0.2) is 27.8 Å². The van der Waals surface area contributed by atoms with Crippen LogP contribution in [0.1, 0.15) is 37.7 Å². The van der Waals surface area contributed by atoms with Gasteiger partial charge in [-0.1, -0.05) is 0 Å². The maximum absolute atomic E-state index is 10.6. The predicted molar refractivity (Wildman–Crippen MR) is 94.3 cm³/mol. The number of aryl methyl sites for hydroxylation is 2. The summed E-state index contributed by atoms with van der Waals surface area (Å²) in [5, 5.41) is 21.6. The Kier molecular flexibility index (Phi) is 5.08. The first-order valence-electron chi connectivity index (χ1n) is 8.69. The third kappa shape index (κ3) is 4.19. The molecule has 0 bridgehead atoms. The summed E-state index contributed by atoms with van der Waals surface area (Å²) in [4.78, 5) is 8.97. The van der Waals surface area contributed by atoms with Gasteiger partial charge in [0.25, 0.3) is 0 Å². The molecule has 0 amide bonds. The van der Waals surface area contributed by atoms with E-state index in [4.69, 9.17) is 4.42 Å². The zero-order chi connectivity index (χ0) is 17.9. The Morgan fingerprint density at radius 3 is 3.12 bits per heavy atom. The number of nitrogens with one attached hydrogen (secondary N) is 2. The number of rotatable bonds is 5. The van der Waals surface area contributed by atoms with Crippen molar-refractivity contribution in [2.75, 3.05) is 13.1 Å². The van der Waals surface area contributed by atoms with Crippen LogP contribution in [0.5, 0.6) is 0 Å². The monoisotopic (exact) mass is 346 g/mol. The molecule has 25 heavy (non-hydrogen) atoms. The average molecular weight is 346 g/mol. The summed E-state index contributed by atoms with van der Waals surface area (Å²) in [5.74, 6) is 3.04. The van der Waals surface area contributed by atoms with Crippen LogP contribution >= 0.6 is 0 Å². The number of aliphatic hydroxyl groups is 1.